The Bertz CT molecular complexity index is 1940. The van der Waals surface area contributed by atoms with Crippen molar-refractivity contribution in [1.82, 2.24) is 4.57 Å². The number of rotatable bonds is 6. The third kappa shape index (κ3) is 3.75. The zero-order valence-electron chi connectivity index (χ0n) is 24.5. The second kappa shape index (κ2) is 9.99. The Morgan fingerprint density at radius 3 is 1.98 bits per heavy atom. The lowest BCUT2D eigenvalue weighted by molar-refractivity contribution is -0.434. The number of carbonyl (C=O) groups excluding carboxylic acids is 1. The maximum Gasteiger partial charge on any atom is 0.209 e. The molecule has 2 atom stereocenters. The van der Waals surface area contributed by atoms with E-state index >= 15 is 0 Å². The van der Waals surface area contributed by atoms with Crippen molar-refractivity contribution in [2.75, 3.05) is 6.54 Å². The molecule has 0 radical (unpaired) electrons. The predicted octanol–water partition coefficient (Wildman–Crippen LogP) is 7.50. The molecular weight excluding hydrogens is 516 g/mol. The molecule has 208 valence electrons. The molecule has 7 rings (SSSR count). The number of nitrogens with zero attached hydrogens (tertiary/aromatic N) is 2. The van der Waals surface area contributed by atoms with Gasteiger partial charge in [-0.2, -0.15) is 4.58 Å². The monoisotopic (exact) mass is 550 g/mol. The molecular formula is C38H34N2O2. The van der Waals surface area contributed by atoms with Crippen LogP contribution in [0.2, 0.25) is 0 Å². The highest BCUT2D eigenvalue weighted by Crippen LogP contribution is 2.51. The van der Waals surface area contributed by atoms with Crippen LogP contribution < -0.4 is 5.11 Å². The van der Waals surface area contributed by atoms with Gasteiger partial charge in [-0.05, 0) is 67.3 Å². The summed E-state index contributed by atoms with van der Waals surface area (Å²) < 4.78 is 4.47. The summed E-state index contributed by atoms with van der Waals surface area (Å²) in [6.07, 6.45) is 0. The summed E-state index contributed by atoms with van der Waals surface area (Å²) in [5.41, 5.74) is 10.9. The molecule has 4 nitrogen and oxygen atoms in total. The highest BCUT2D eigenvalue weighted by molar-refractivity contribution is 6.33. The standard InChI is InChI=1S/C38H34N2O2/c1-5-39-23(3)33(29-21-27(17-19-31(29)39)25-13-9-7-10-14-25)35-37(41)36(38(35)42)34-24(4)40(6-2)32-20-18-28(22-30(32)34)26-15-11-8-12-16-26/h7-22,33,35H,5-6H2,1-4H3. The minimum absolute atomic E-state index is 0.0401. The van der Waals surface area contributed by atoms with E-state index in [-0.39, 0.29) is 17.5 Å². The first-order chi connectivity index (χ1) is 20.4. The van der Waals surface area contributed by atoms with Crippen molar-refractivity contribution >= 4 is 33.7 Å². The van der Waals surface area contributed by atoms with Crippen molar-refractivity contribution in [3.05, 3.63) is 120 Å². The number of Topliss-reactive ketones (excluding diaryl/α,β-unsaturated/α-hetero) is 1. The van der Waals surface area contributed by atoms with Gasteiger partial charge in [-0.3, -0.25) is 4.79 Å². The minimum atomic E-state index is -0.696. The van der Waals surface area contributed by atoms with Crippen LogP contribution in [0.25, 0.3) is 38.7 Å². The number of aromatic nitrogens is 1. The lowest BCUT2D eigenvalue weighted by atomic mass is 9.68. The molecule has 1 aliphatic carbocycles. The molecule has 42 heavy (non-hydrogen) atoms. The van der Waals surface area contributed by atoms with E-state index < -0.39 is 5.92 Å². The smallest absolute Gasteiger partial charge is 0.209 e. The van der Waals surface area contributed by atoms with Crippen molar-refractivity contribution in [2.24, 2.45) is 5.92 Å². The van der Waals surface area contributed by atoms with Crippen molar-refractivity contribution < 1.29 is 14.5 Å². The van der Waals surface area contributed by atoms with Gasteiger partial charge in [0.05, 0.1) is 11.8 Å². The number of benzene rings is 4. The van der Waals surface area contributed by atoms with E-state index in [1.165, 1.54) is 0 Å². The van der Waals surface area contributed by atoms with E-state index in [9.17, 15) is 9.90 Å². The zero-order valence-corrected chi connectivity index (χ0v) is 24.5. The summed E-state index contributed by atoms with van der Waals surface area (Å²) in [7, 11) is 0. The number of fused-ring (bicyclic) bond motifs is 2. The van der Waals surface area contributed by atoms with Crippen LogP contribution in [0.1, 0.15) is 43.5 Å². The lowest BCUT2D eigenvalue weighted by Gasteiger charge is -2.39. The van der Waals surface area contributed by atoms with E-state index in [2.05, 4.69) is 90.6 Å². The van der Waals surface area contributed by atoms with Crippen LogP contribution in [0.4, 0.5) is 5.69 Å². The average molecular weight is 551 g/mol. The summed E-state index contributed by atoms with van der Waals surface area (Å²) in [5, 5.41) is 15.2. The van der Waals surface area contributed by atoms with Crippen molar-refractivity contribution in [2.45, 2.75) is 40.2 Å². The topological polar surface area (TPSA) is 48.1 Å². The second-order valence-corrected chi connectivity index (χ2v) is 11.4. The Kier molecular flexibility index (Phi) is 6.23. The Hall–Kier alpha value is -4.70. The van der Waals surface area contributed by atoms with Gasteiger partial charge >= 0.3 is 0 Å². The number of ketones is 1. The van der Waals surface area contributed by atoms with E-state index in [4.69, 9.17) is 0 Å². The Morgan fingerprint density at radius 2 is 1.38 bits per heavy atom. The molecule has 4 heteroatoms. The quantitative estimate of drug-likeness (QED) is 0.206. The maximum atomic E-state index is 14.2. The van der Waals surface area contributed by atoms with Gasteiger partial charge < -0.3 is 9.67 Å². The van der Waals surface area contributed by atoms with E-state index in [1.807, 2.05) is 43.3 Å². The highest BCUT2D eigenvalue weighted by Gasteiger charge is 2.49. The molecule has 0 fully saturated rings. The van der Waals surface area contributed by atoms with Gasteiger partial charge in [-0.1, -0.05) is 66.7 Å². The molecule has 2 aliphatic rings. The van der Waals surface area contributed by atoms with Gasteiger partial charge in [-0.25, -0.2) is 0 Å². The van der Waals surface area contributed by atoms with Crippen LogP contribution >= 0.6 is 0 Å². The van der Waals surface area contributed by atoms with Gasteiger partial charge in [0.15, 0.2) is 11.5 Å². The van der Waals surface area contributed by atoms with Crippen LogP contribution in [0, 0.1) is 12.8 Å². The second-order valence-electron chi connectivity index (χ2n) is 11.4. The third-order valence-corrected chi connectivity index (χ3v) is 9.34. The molecule has 1 aromatic heterocycles. The first-order valence-corrected chi connectivity index (χ1v) is 14.9. The molecule has 0 amide bonds. The zero-order chi connectivity index (χ0) is 29.1. The van der Waals surface area contributed by atoms with Crippen molar-refractivity contribution in [1.29, 1.82) is 0 Å². The fourth-order valence-corrected chi connectivity index (χ4v) is 7.32. The SMILES string of the molecule is CCn1c(C)c(C2=C([O-])C(C3C(C)=[N+](CC)c4ccc(-c5ccccc5)cc43)C2=O)c2cc(-c3ccccc3)ccc21. The number of allylic oxidation sites excluding steroid dienone is 2. The molecule has 0 bridgehead atoms. The van der Waals surface area contributed by atoms with Gasteiger partial charge in [-0.15, -0.1) is 5.76 Å². The summed E-state index contributed by atoms with van der Waals surface area (Å²) in [5.74, 6) is -1.03. The van der Waals surface area contributed by atoms with E-state index in [1.54, 1.807) is 0 Å². The molecule has 2 heterocycles. The molecule has 0 spiro atoms. The largest absolute Gasteiger partial charge is 0.874 e. The Morgan fingerprint density at radius 1 is 0.762 bits per heavy atom. The van der Waals surface area contributed by atoms with Crippen molar-refractivity contribution in [3.63, 3.8) is 0 Å². The molecule has 0 saturated carbocycles. The number of hydrogen-bond acceptors (Lipinski definition) is 2. The molecule has 4 aromatic carbocycles. The van der Waals surface area contributed by atoms with Gasteiger partial charge in [0.2, 0.25) is 5.69 Å². The van der Waals surface area contributed by atoms with E-state index in [0.717, 1.165) is 74.5 Å². The van der Waals surface area contributed by atoms with E-state index in [0.29, 0.717) is 5.57 Å². The third-order valence-electron chi connectivity index (χ3n) is 9.34. The molecule has 0 N–H and O–H groups in total. The van der Waals surface area contributed by atoms with Crippen LogP contribution in [0.3, 0.4) is 0 Å². The Labute approximate surface area is 246 Å². The van der Waals surface area contributed by atoms with Crippen LogP contribution in [-0.2, 0) is 11.3 Å². The van der Waals surface area contributed by atoms with Crippen molar-refractivity contribution in [3.8, 4) is 22.3 Å². The average Bonchev–Trinajstić information content (AvgIpc) is 3.46. The van der Waals surface area contributed by atoms with Crippen LogP contribution in [0.15, 0.2) is 103 Å². The Balaban J connectivity index is 1.37. The first-order valence-electron chi connectivity index (χ1n) is 14.9. The van der Waals surface area contributed by atoms with Crippen LogP contribution in [-0.4, -0.2) is 27.2 Å². The van der Waals surface area contributed by atoms with Gasteiger partial charge in [0, 0.05) is 52.8 Å². The molecule has 2 unspecified atom stereocenters. The van der Waals surface area contributed by atoms with Gasteiger partial charge in [0.25, 0.3) is 0 Å². The molecule has 5 aromatic rings. The fourth-order valence-electron chi connectivity index (χ4n) is 7.32. The minimum Gasteiger partial charge on any atom is -0.874 e. The highest BCUT2D eigenvalue weighted by atomic mass is 16.3. The summed E-state index contributed by atoms with van der Waals surface area (Å²) >= 11 is 0. The fraction of sp³-hybridized carbons (Fsp3) is 0.211. The number of hydrogen-bond donors (Lipinski definition) is 0. The molecule has 1 aliphatic heterocycles. The summed E-state index contributed by atoms with van der Waals surface area (Å²) in [6.45, 7) is 9.90. The van der Waals surface area contributed by atoms with Gasteiger partial charge in [0.1, 0.15) is 6.54 Å². The summed E-state index contributed by atoms with van der Waals surface area (Å²) in [6, 6.07) is 33.4. The van der Waals surface area contributed by atoms with Crippen LogP contribution in [0.5, 0.6) is 0 Å². The maximum absolute atomic E-state index is 14.2. The normalized spacial score (nSPS) is 18.1. The lowest BCUT2D eigenvalue weighted by Crippen LogP contribution is -2.42. The molecule has 0 saturated heterocycles. The number of carbonyl (C=O) groups is 1. The first kappa shape index (κ1) is 26.2. The predicted molar refractivity (Wildman–Crippen MR) is 169 cm³/mol. The number of aryl methyl sites for hydroxylation is 1. The summed E-state index contributed by atoms with van der Waals surface area (Å²) in [4.78, 5) is 14.2.